The Morgan fingerprint density at radius 1 is 0.579 bits per heavy atom. The van der Waals surface area contributed by atoms with E-state index in [1.165, 1.54) is 66.0 Å². The summed E-state index contributed by atoms with van der Waals surface area (Å²) in [6, 6.07) is 21.1. The Balaban J connectivity index is 0.000000424. The summed E-state index contributed by atoms with van der Waals surface area (Å²) in [6.07, 6.45) is 10.4. The highest BCUT2D eigenvalue weighted by Gasteiger charge is 2.41. The summed E-state index contributed by atoms with van der Waals surface area (Å²) >= 11 is 0. The lowest BCUT2D eigenvalue weighted by molar-refractivity contribution is -0.941. The molecule has 0 aliphatic carbocycles. The number of aliphatic hydroxyl groups excluding tert-OH is 1. The first-order chi connectivity index (χ1) is 36.4. The van der Waals surface area contributed by atoms with E-state index >= 15 is 0 Å². The zero-order chi connectivity index (χ0) is 57.1. The van der Waals surface area contributed by atoms with Crippen molar-refractivity contribution in [1.82, 2.24) is 0 Å². The number of methoxy groups -OCH3 is 8. The van der Waals surface area contributed by atoms with Gasteiger partial charge in [0.1, 0.15) is 18.9 Å². The maximum Gasteiger partial charge on any atom is 0.302 e. The molecule has 0 spiro atoms. The minimum atomic E-state index is -0.236. The lowest BCUT2D eigenvalue weighted by atomic mass is 9.86. The van der Waals surface area contributed by atoms with Crippen LogP contribution in [0.5, 0.6) is 46.0 Å². The van der Waals surface area contributed by atoms with E-state index in [1.807, 2.05) is 18.9 Å². The first-order valence-electron chi connectivity index (χ1n) is 27.0. The van der Waals surface area contributed by atoms with Crippen LogP contribution in [0.3, 0.4) is 0 Å². The summed E-state index contributed by atoms with van der Waals surface area (Å²) in [5.41, 5.74) is 8.09. The molecule has 2 heterocycles. The lowest BCUT2D eigenvalue weighted by Crippen LogP contribution is -2.52. The van der Waals surface area contributed by atoms with Crippen molar-refractivity contribution < 1.29 is 66.3 Å². The van der Waals surface area contributed by atoms with E-state index in [0.717, 1.165) is 120 Å². The topological polar surface area (TPSA) is 137 Å². The van der Waals surface area contributed by atoms with E-state index in [2.05, 4.69) is 104 Å². The molecule has 0 fully saturated rings. The van der Waals surface area contributed by atoms with Crippen LogP contribution in [0.1, 0.15) is 132 Å². The fourth-order valence-corrected chi connectivity index (χ4v) is 10.2. The molecule has 76 heavy (non-hydrogen) atoms. The number of esters is 1. The maximum atomic E-state index is 11.2. The van der Waals surface area contributed by atoms with Crippen LogP contribution in [0.4, 0.5) is 0 Å². The van der Waals surface area contributed by atoms with Crippen molar-refractivity contribution in [2.24, 2.45) is 5.41 Å². The van der Waals surface area contributed by atoms with Crippen molar-refractivity contribution in [3.8, 4) is 46.0 Å². The molecular weight excluding hydrogens is 965 g/mol. The van der Waals surface area contributed by atoms with Crippen LogP contribution in [-0.4, -0.2) is 137 Å². The van der Waals surface area contributed by atoms with Crippen molar-refractivity contribution in [3.63, 3.8) is 0 Å². The summed E-state index contributed by atoms with van der Waals surface area (Å²) in [5.74, 6) is 5.70. The standard InChI is InChI=1S/C26H36NO6.C24H34NO5.C8H18.C3H8.CH2O/c1-18(28)33-13-7-11-27(2)12-10-20-16-25(31-5)26(32-6)17-21(20)22(27)14-19-8-9-23(29-3)24(15-19)30-4;1-25(10-6-12-26)11-9-18-15-23(29-4)24(30-5)16-19(18)20(25)13-17-7-8-21(27-2)22(14-17)28-3;1-5-7-8(3,4)6-2;1-3-2;1-2/h8-9,15-17,22H,7,10-14H2,1-6H3;7-8,14-16,20,26H,6,9-13H2,1-5H3;5-7H2,1-4H3;3H2,1-2H3;1H2/q2*+1;;;/t22-,27+;;;;/m0..../s1. The highest BCUT2D eigenvalue weighted by molar-refractivity contribution is 5.65. The number of fused-ring (bicyclic) bond motifs is 2. The van der Waals surface area contributed by atoms with E-state index < -0.39 is 0 Å². The Morgan fingerprint density at radius 2 is 0.934 bits per heavy atom. The monoisotopic (exact) mass is 1060 g/mol. The van der Waals surface area contributed by atoms with Crippen LogP contribution >= 0.6 is 0 Å². The number of aliphatic hydroxyl groups is 1. The minimum Gasteiger partial charge on any atom is -0.493 e. The third-order valence-corrected chi connectivity index (χ3v) is 14.9. The smallest absolute Gasteiger partial charge is 0.302 e. The number of ether oxygens (including phenoxy) is 9. The van der Waals surface area contributed by atoms with Crippen LogP contribution in [-0.2, 0) is 40.0 Å². The number of likely N-dealkylation sites (N-methyl/N-ethyl adjacent to an activating group) is 2. The second kappa shape index (κ2) is 33.5. The van der Waals surface area contributed by atoms with Gasteiger partial charge in [0.15, 0.2) is 46.0 Å². The van der Waals surface area contributed by atoms with Gasteiger partial charge in [-0.3, -0.25) is 4.79 Å². The molecule has 2 unspecified atom stereocenters. The van der Waals surface area contributed by atoms with Gasteiger partial charge in [0.2, 0.25) is 0 Å². The fourth-order valence-electron chi connectivity index (χ4n) is 10.2. The van der Waals surface area contributed by atoms with Gasteiger partial charge < -0.3 is 61.5 Å². The van der Waals surface area contributed by atoms with Crippen LogP contribution in [0.2, 0.25) is 0 Å². The fraction of sp³-hybridized carbons (Fsp3) is 0.581. The van der Waals surface area contributed by atoms with E-state index in [-0.39, 0.29) is 24.7 Å². The van der Waals surface area contributed by atoms with Gasteiger partial charge in [0.25, 0.3) is 0 Å². The van der Waals surface area contributed by atoms with Crippen LogP contribution in [0.15, 0.2) is 60.7 Å². The summed E-state index contributed by atoms with van der Waals surface area (Å²) < 4.78 is 51.1. The third kappa shape index (κ3) is 18.8. The van der Waals surface area contributed by atoms with Gasteiger partial charge in [-0.25, -0.2) is 0 Å². The molecule has 0 saturated carbocycles. The maximum absolute atomic E-state index is 11.2. The number of carbonyl (C=O) groups excluding carboxylic acids is 2. The molecular formula is C62H98N2O12+2. The Bertz CT molecular complexity index is 2340. The zero-order valence-electron chi connectivity index (χ0n) is 49.8. The van der Waals surface area contributed by atoms with Crippen LogP contribution in [0, 0.1) is 5.41 Å². The van der Waals surface area contributed by atoms with Crippen molar-refractivity contribution >= 4 is 12.8 Å². The normalized spacial score (nSPS) is 18.0. The zero-order valence-corrected chi connectivity index (χ0v) is 49.8. The van der Waals surface area contributed by atoms with E-state index in [9.17, 15) is 9.90 Å². The second-order valence-electron chi connectivity index (χ2n) is 20.7. The Labute approximate surface area is 458 Å². The number of nitrogens with zero attached hydrogens (tertiary/aromatic N) is 2. The molecule has 14 heteroatoms. The van der Waals surface area contributed by atoms with Gasteiger partial charge in [-0.15, -0.1) is 0 Å². The van der Waals surface area contributed by atoms with Gasteiger partial charge in [0.05, 0.1) is 104 Å². The van der Waals surface area contributed by atoms with E-state index in [0.29, 0.717) is 12.0 Å². The molecule has 0 amide bonds. The molecule has 4 aromatic carbocycles. The average Bonchev–Trinajstić information content (AvgIpc) is 3.43. The summed E-state index contributed by atoms with van der Waals surface area (Å²) in [7, 11) is 17.9. The predicted octanol–water partition coefficient (Wildman–Crippen LogP) is 11.8. The van der Waals surface area contributed by atoms with Crippen molar-refractivity contribution in [1.29, 1.82) is 0 Å². The molecule has 426 valence electrons. The number of benzene rings is 4. The SMILES string of the molecule is C=O.CCC.CCCC(C)(C)CC.COc1ccc(CC2c3cc(OC)c(OC)cc3CC[N+]2(C)CCCO)cc1OC.COc1ccc(C[C@H]2c3cc(OC)c(OC)cc3CC[N@@+]2(C)CCCOC(C)=O)cc1OC. The molecule has 0 saturated heterocycles. The molecule has 0 aromatic heterocycles. The first kappa shape index (κ1) is 66.4. The largest absolute Gasteiger partial charge is 0.493 e. The number of carbonyl (C=O) groups is 2. The van der Waals surface area contributed by atoms with Crippen molar-refractivity contribution in [2.75, 3.05) is 110 Å². The molecule has 2 aliphatic rings. The second-order valence-corrected chi connectivity index (χ2v) is 20.7. The molecule has 4 atom stereocenters. The molecule has 0 radical (unpaired) electrons. The van der Waals surface area contributed by atoms with Crippen molar-refractivity contribution in [3.05, 3.63) is 94.0 Å². The average molecular weight is 1060 g/mol. The van der Waals surface area contributed by atoms with E-state index in [4.69, 9.17) is 47.4 Å². The summed E-state index contributed by atoms with van der Waals surface area (Å²) in [4.78, 5) is 19.2. The summed E-state index contributed by atoms with van der Waals surface area (Å²) in [5, 5.41) is 9.48. The Morgan fingerprint density at radius 3 is 1.25 bits per heavy atom. The molecule has 4 aromatic rings. The Hall–Kier alpha value is -5.70. The number of quaternary nitrogens is 2. The highest BCUT2D eigenvalue weighted by atomic mass is 16.5. The minimum absolute atomic E-state index is 0.198. The molecule has 14 nitrogen and oxygen atoms in total. The summed E-state index contributed by atoms with van der Waals surface area (Å²) in [6.45, 7) is 21.3. The molecule has 2 aliphatic heterocycles. The van der Waals surface area contributed by atoms with Gasteiger partial charge in [-0.2, -0.15) is 0 Å². The molecule has 6 rings (SSSR count). The number of rotatable bonds is 22. The highest BCUT2D eigenvalue weighted by Crippen LogP contribution is 2.45. The van der Waals surface area contributed by atoms with Gasteiger partial charge in [-0.05, 0) is 82.6 Å². The van der Waals surface area contributed by atoms with Crippen LogP contribution in [0.25, 0.3) is 0 Å². The molecule has 0 bridgehead atoms. The van der Waals surface area contributed by atoms with Gasteiger partial charge in [0, 0.05) is 63.2 Å². The van der Waals surface area contributed by atoms with Gasteiger partial charge >= 0.3 is 5.97 Å². The molecule has 1 N–H and O–H groups in total. The van der Waals surface area contributed by atoms with Gasteiger partial charge in [-0.1, -0.05) is 72.9 Å². The van der Waals surface area contributed by atoms with Crippen molar-refractivity contribution in [2.45, 2.75) is 125 Å². The van der Waals surface area contributed by atoms with E-state index in [1.54, 1.807) is 56.9 Å². The lowest BCUT2D eigenvalue weighted by Gasteiger charge is -2.46. The first-order valence-corrected chi connectivity index (χ1v) is 27.0. The number of hydrogen-bond donors (Lipinski definition) is 1. The Kier molecular flexibility index (Phi) is 29.2. The number of hydrogen-bond acceptors (Lipinski definition) is 12. The quantitative estimate of drug-likeness (QED) is 0.0456. The van der Waals surface area contributed by atoms with Crippen LogP contribution < -0.4 is 37.9 Å². The third-order valence-electron chi connectivity index (χ3n) is 14.9. The predicted molar refractivity (Wildman–Crippen MR) is 305 cm³/mol.